The molecule has 0 saturated carbocycles. The van der Waals surface area contributed by atoms with Crippen molar-refractivity contribution < 1.29 is 4.79 Å². The number of carbonyl (C=O) groups excluding carboxylic acids is 1. The molecule has 4 heteroatoms. The van der Waals surface area contributed by atoms with Crippen molar-refractivity contribution in [2.24, 2.45) is 0 Å². The Bertz CT molecular complexity index is 1390. The molecule has 3 aliphatic rings. The molecule has 0 aromatic heterocycles. The van der Waals surface area contributed by atoms with Crippen molar-refractivity contribution in [1.29, 1.82) is 0 Å². The molecule has 3 aromatic carbocycles. The normalized spacial score (nSPS) is 19.5. The lowest BCUT2D eigenvalue weighted by Crippen LogP contribution is -2.38. The Hall–Kier alpha value is -3.30. The van der Waals surface area contributed by atoms with Gasteiger partial charge in [-0.15, -0.1) is 0 Å². The predicted octanol–water partition coefficient (Wildman–Crippen LogP) is 6.47. The lowest BCUT2D eigenvalue weighted by Gasteiger charge is -2.33. The van der Waals surface area contributed by atoms with E-state index < -0.39 is 0 Å². The highest BCUT2D eigenvalue weighted by Gasteiger charge is 2.30. The van der Waals surface area contributed by atoms with E-state index in [1.807, 2.05) is 23.1 Å². The topological polar surface area (TPSA) is 32.3 Å². The molecule has 0 bridgehead atoms. The van der Waals surface area contributed by atoms with Gasteiger partial charge < -0.3 is 10.2 Å². The second-order valence-corrected chi connectivity index (χ2v) is 10.2. The molecule has 176 valence electrons. The second-order valence-electron chi connectivity index (χ2n) is 9.76. The Kier molecular flexibility index (Phi) is 5.95. The number of halogens is 1. The molecule has 1 N–H and O–H groups in total. The van der Waals surface area contributed by atoms with E-state index in [0.29, 0.717) is 6.42 Å². The summed E-state index contributed by atoms with van der Waals surface area (Å²) in [6.45, 7) is 1.55. The Labute approximate surface area is 211 Å². The molecule has 1 amide bonds. The largest absolute Gasteiger partial charge is 0.380 e. The van der Waals surface area contributed by atoms with Crippen LogP contribution < -0.4 is 5.32 Å². The van der Waals surface area contributed by atoms with Crippen LogP contribution in [0.3, 0.4) is 0 Å². The number of nitrogens with one attached hydrogen (secondary N) is 1. The van der Waals surface area contributed by atoms with Crippen molar-refractivity contribution in [3.8, 4) is 0 Å². The summed E-state index contributed by atoms with van der Waals surface area (Å²) < 4.78 is 0. The number of hydrogen-bond donors (Lipinski definition) is 1. The summed E-state index contributed by atoms with van der Waals surface area (Å²) in [5.74, 6) is 0.219. The van der Waals surface area contributed by atoms with Gasteiger partial charge in [0.2, 0.25) is 5.91 Å². The zero-order valence-corrected chi connectivity index (χ0v) is 20.5. The summed E-state index contributed by atoms with van der Waals surface area (Å²) in [5, 5.41) is 6.82. The van der Waals surface area contributed by atoms with E-state index in [2.05, 4.69) is 66.1 Å². The molecule has 2 aliphatic heterocycles. The number of dihydropyridines is 1. The van der Waals surface area contributed by atoms with E-state index in [-0.39, 0.29) is 11.9 Å². The molecule has 0 spiro atoms. The molecule has 1 aliphatic carbocycles. The third kappa shape index (κ3) is 4.41. The van der Waals surface area contributed by atoms with E-state index in [1.54, 1.807) is 0 Å². The Morgan fingerprint density at radius 3 is 2.63 bits per heavy atom. The van der Waals surface area contributed by atoms with Gasteiger partial charge in [0.1, 0.15) is 0 Å². The zero-order chi connectivity index (χ0) is 23.8. The smallest absolute Gasteiger partial charge is 0.227 e. The third-order valence-corrected chi connectivity index (χ3v) is 7.87. The molecule has 1 saturated heterocycles. The fraction of sp³-hybridized carbons (Fsp3) is 0.258. The Morgan fingerprint density at radius 1 is 0.943 bits per heavy atom. The van der Waals surface area contributed by atoms with Crippen molar-refractivity contribution in [3.05, 3.63) is 112 Å². The molecule has 2 heterocycles. The van der Waals surface area contributed by atoms with Crippen LogP contribution in [0.5, 0.6) is 0 Å². The number of rotatable bonds is 2. The van der Waals surface area contributed by atoms with Gasteiger partial charge in [0, 0.05) is 18.1 Å². The predicted molar refractivity (Wildman–Crippen MR) is 144 cm³/mol. The molecule has 6 rings (SSSR count). The number of benzene rings is 3. The van der Waals surface area contributed by atoms with Crippen LogP contribution in [0.15, 0.2) is 90.2 Å². The monoisotopic (exact) mass is 480 g/mol. The highest BCUT2D eigenvalue weighted by atomic mass is 35.5. The Morgan fingerprint density at radius 2 is 1.77 bits per heavy atom. The van der Waals surface area contributed by atoms with Crippen LogP contribution in [0.2, 0.25) is 5.02 Å². The van der Waals surface area contributed by atoms with Gasteiger partial charge in [-0.1, -0.05) is 71.8 Å². The van der Waals surface area contributed by atoms with Crippen molar-refractivity contribution in [2.75, 3.05) is 13.1 Å². The maximum absolute atomic E-state index is 13.2. The van der Waals surface area contributed by atoms with Crippen molar-refractivity contribution in [3.63, 3.8) is 0 Å². The molecule has 3 aromatic rings. The highest BCUT2D eigenvalue weighted by Crippen LogP contribution is 2.39. The van der Waals surface area contributed by atoms with Crippen LogP contribution in [-0.2, 0) is 17.6 Å². The Balaban J connectivity index is 1.23. The number of aryl methyl sites for hydroxylation is 1. The quantitative estimate of drug-likeness (QED) is 0.456. The summed E-state index contributed by atoms with van der Waals surface area (Å²) in [5.41, 5.74) is 8.01. The van der Waals surface area contributed by atoms with Crippen LogP contribution in [0, 0.1) is 0 Å². The molecule has 1 unspecified atom stereocenters. The van der Waals surface area contributed by atoms with E-state index in [0.717, 1.165) is 49.4 Å². The van der Waals surface area contributed by atoms with Gasteiger partial charge in [0.15, 0.2) is 0 Å². The van der Waals surface area contributed by atoms with E-state index in [1.165, 1.54) is 38.6 Å². The lowest BCUT2D eigenvalue weighted by atomic mass is 9.85. The van der Waals surface area contributed by atoms with Gasteiger partial charge in [-0.3, -0.25) is 4.79 Å². The first-order chi connectivity index (χ1) is 17.2. The maximum atomic E-state index is 13.2. The summed E-state index contributed by atoms with van der Waals surface area (Å²) >= 11 is 6.37. The summed E-state index contributed by atoms with van der Waals surface area (Å²) in [4.78, 5) is 15.2. The van der Waals surface area contributed by atoms with E-state index in [9.17, 15) is 4.79 Å². The fourth-order valence-corrected chi connectivity index (χ4v) is 6.01. The standard InChI is InChI=1S/C31H29ClN2O/c32-27-11-12-28-26(20-27)10-9-24-6-3-15-33-31(24)30(28)23-13-16-34(17-14-23)29(35)19-21-7-8-22-4-1-2-5-25(22)18-21/h1-8,11-12,15,18,20,31,33H,9-10,13-14,16-17,19H2. The first kappa shape index (κ1) is 22.2. The number of likely N-dealkylation sites (tertiary alicyclic amines) is 1. The maximum Gasteiger partial charge on any atom is 0.227 e. The van der Waals surface area contributed by atoms with Gasteiger partial charge in [0.05, 0.1) is 12.5 Å². The molecular formula is C31H29ClN2O. The average molecular weight is 481 g/mol. The minimum Gasteiger partial charge on any atom is -0.380 e. The van der Waals surface area contributed by atoms with E-state index >= 15 is 0 Å². The number of piperidine rings is 1. The number of hydrogen-bond acceptors (Lipinski definition) is 2. The first-order valence-electron chi connectivity index (χ1n) is 12.5. The van der Waals surface area contributed by atoms with Crippen LogP contribution in [0.25, 0.3) is 16.3 Å². The van der Waals surface area contributed by atoms with Crippen LogP contribution in [0.1, 0.15) is 36.0 Å². The van der Waals surface area contributed by atoms with Crippen LogP contribution in [0.4, 0.5) is 0 Å². The van der Waals surface area contributed by atoms with Crippen LogP contribution in [-0.4, -0.2) is 29.9 Å². The minimum atomic E-state index is 0.206. The first-order valence-corrected chi connectivity index (χ1v) is 12.9. The number of amides is 1. The van der Waals surface area contributed by atoms with Crippen molar-refractivity contribution in [1.82, 2.24) is 10.2 Å². The van der Waals surface area contributed by atoms with Gasteiger partial charge in [-0.05, 0) is 88.7 Å². The fourth-order valence-electron chi connectivity index (χ4n) is 5.81. The van der Waals surface area contributed by atoms with Crippen LogP contribution >= 0.6 is 11.6 Å². The molecule has 1 atom stereocenters. The lowest BCUT2D eigenvalue weighted by molar-refractivity contribution is -0.130. The summed E-state index contributed by atoms with van der Waals surface area (Å²) in [6.07, 6.45) is 10.7. The molecule has 3 nitrogen and oxygen atoms in total. The molecular weight excluding hydrogens is 452 g/mol. The van der Waals surface area contributed by atoms with Crippen molar-refractivity contribution in [2.45, 2.75) is 38.1 Å². The van der Waals surface area contributed by atoms with Gasteiger partial charge in [-0.2, -0.15) is 0 Å². The SMILES string of the molecule is O=C(Cc1ccc2ccccc2c1)N1CCC(=C2c3ccc(Cl)cc3CCC3=CC=CNC32)CC1. The number of carbonyl (C=O) groups is 1. The summed E-state index contributed by atoms with van der Waals surface area (Å²) in [6, 6.07) is 21.2. The zero-order valence-electron chi connectivity index (χ0n) is 19.8. The minimum absolute atomic E-state index is 0.206. The molecule has 0 radical (unpaired) electrons. The second kappa shape index (κ2) is 9.39. The molecule has 35 heavy (non-hydrogen) atoms. The number of fused-ring (bicyclic) bond motifs is 3. The van der Waals surface area contributed by atoms with Gasteiger partial charge in [0.25, 0.3) is 0 Å². The van der Waals surface area contributed by atoms with Gasteiger partial charge >= 0.3 is 0 Å². The molecule has 1 fully saturated rings. The van der Waals surface area contributed by atoms with E-state index in [4.69, 9.17) is 11.6 Å². The number of allylic oxidation sites excluding steroid dienone is 2. The number of nitrogens with zero attached hydrogens (tertiary/aromatic N) is 1. The van der Waals surface area contributed by atoms with Crippen molar-refractivity contribution >= 4 is 33.9 Å². The average Bonchev–Trinajstić information content (AvgIpc) is 3.05. The highest BCUT2D eigenvalue weighted by molar-refractivity contribution is 6.30. The summed E-state index contributed by atoms with van der Waals surface area (Å²) in [7, 11) is 0. The third-order valence-electron chi connectivity index (χ3n) is 7.64. The van der Waals surface area contributed by atoms with Gasteiger partial charge in [-0.25, -0.2) is 0 Å².